The molecule has 1 atom stereocenters. The first-order chi connectivity index (χ1) is 13.9. The number of aryl methyl sites for hydroxylation is 1. The van der Waals surface area contributed by atoms with Crippen molar-refractivity contribution in [3.8, 4) is 17.2 Å². The van der Waals surface area contributed by atoms with Crippen LogP contribution in [0.1, 0.15) is 46.3 Å². The molecule has 0 aromatic heterocycles. The van der Waals surface area contributed by atoms with Crippen molar-refractivity contribution in [2.75, 3.05) is 27.4 Å². The van der Waals surface area contributed by atoms with Gasteiger partial charge in [0.2, 0.25) is 0 Å². The fraction of sp³-hybridized carbons (Fsp3) is 0.391. The second kappa shape index (κ2) is 8.99. The summed E-state index contributed by atoms with van der Waals surface area (Å²) in [4.78, 5) is 24.5. The van der Waals surface area contributed by atoms with Gasteiger partial charge in [-0.15, -0.1) is 0 Å². The van der Waals surface area contributed by atoms with Crippen molar-refractivity contribution in [1.82, 2.24) is 5.32 Å². The molecule has 0 radical (unpaired) electrons. The molecule has 0 aliphatic heterocycles. The Balaban J connectivity index is 1.53. The fourth-order valence-electron chi connectivity index (χ4n) is 3.81. The maximum Gasteiger partial charge on any atom is 0.257 e. The van der Waals surface area contributed by atoms with E-state index < -0.39 is 0 Å². The van der Waals surface area contributed by atoms with E-state index in [0.717, 1.165) is 16.7 Å². The Morgan fingerprint density at radius 1 is 1.10 bits per heavy atom. The molecule has 154 valence electrons. The van der Waals surface area contributed by atoms with Gasteiger partial charge < -0.3 is 19.5 Å². The molecule has 1 N–H and O–H groups in total. The molecule has 1 aliphatic carbocycles. The number of carbonyl (C=O) groups excluding carboxylic acids is 2. The SMILES string of the molecule is COc1ccc(CCNC(=O)COc2ccc(C)c3c2C(=O)CC3C)cc1OC. The summed E-state index contributed by atoms with van der Waals surface area (Å²) in [6, 6.07) is 9.39. The standard InChI is InChI=1S/C23H27NO5/c1-14-5-7-19(23-17(25)11-15(2)22(14)23)29-13-21(26)24-10-9-16-6-8-18(27-3)20(12-16)28-4/h5-8,12,15H,9-11,13H2,1-4H3,(H,24,26). The van der Waals surface area contributed by atoms with E-state index in [1.165, 1.54) is 0 Å². The Kier molecular flexibility index (Phi) is 6.42. The first kappa shape index (κ1) is 20.7. The Morgan fingerprint density at radius 3 is 2.55 bits per heavy atom. The van der Waals surface area contributed by atoms with E-state index >= 15 is 0 Å². The zero-order valence-corrected chi connectivity index (χ0v) is 17.3. The first-order valence-electron chi connectivity index (χ1n) is 9.71. The van der Waals surface area contributed by atoms with Crippen molar-refractivity contribution in [2.24, 2.45) is 0 Å². The molecular weight excluding hydrogens is 370 g/mol. The van der Waals surface area contributed by atoms with Crippen LogP contribution in [0.5, 0.6) is 17.2 Å². The lowest BCUT2D eigenvalue weighted by Gasteiger charge is -2.13. The van der Waals surface area contributed by atoms with Crippen LogP contribution >= 0.6 is 0 Å². The average Bonchev–Trinajstić information content (AvgIpc) is 3.02. The number of hydrogen-bond acceptors (Lipinski definition) is 5. The van der Waals surface area contributed by atoms with Crippen LogP contribution < -0.4 is 19.5 Å². The maximum absolute atomic E-state index is 12.3. The van der Waals surface area contributed by atoms with E-state index in [-0.39, 0.29) is 24.2 Å². The molecule has 6 heteroatoms. The number of nitrogens with one attached hydrogen (secondary N) is 1. The third kappa shape index (κ3) is 4.53. The second-order valence-electron chi connectivity index (χ2n) is 7.28. The van der Waals surface area contributed by atoms with Crippen LogP contribution in [0.25, 0.3) is 0 Å². The number of ketones is 1. The zero-order chi connectivity index (χ0) is 21.0. The van der Waals surface area contributed by atoms with Crippen LogP contribution in [0.2, 0.25) is 0 Å². The van der Waals surface area contributed by atoms with Gasteiger partial charge in [0.1, 0.15) is 5.75 Å². The van der Waals surface area contributed by atoms with Gasteiger partial charge in [0.05, 0.1) is 19.8 Å². The number of benzene rings is 2. The van der Waals surface area contributed by atoms with E-state index in [2.05, 4.69) is 5.32 Å². The Morgan fingerprint density at radius 2 is 1.83 bits per heavy atom. The van der Waals surface area contributed by atoms with Crippen molar-refractivity contribution < 1.29 is 23.8 Å². The molecule has 2 aromatic rings. The normalized spacial score (nSPS) is 15.0. The lowest BCUT2D eigenvalue weighted by Crippen LogP contribution is -2.30. The number of Topliss-reactive ketones (excluding diaryl/α,β-unsaturated/α-hetero) is 1. The van der Waals surface area contributed by atoms with E-state index in [0.29, 0.717) is 42.2 Å². The summed E-state index contributed by atoms with van der Waals surface area (Å²) < 4.78 is 16.2. The molecule has 3 rings (SSSR count). The lowest BCUT2D eigenvalue weighted by atomic mass is 9.97. The van der Waals surface area contributed by atoms with Gasteiger partial charge in [-0.2, -0.15) is 0 Å². The monoisotopic (exact) mass is 397 g/mol. The predicted octanol–water partition coefficient (Wildman–Crippen LogP) is 3.44. The van der Waals surface area contributed by atoms with E-state index in [1.807, 2.05) is 38.1 Å². The highest BCUT2D eigenvalue weighted by Gasteiger charge is 2.31. The molecule has 0 heterocycles. The minimum atomic E-state index is -0.224. The fourth-order valence-corrected chi connectivity index (χ4v) is 3.81. The molecule has 0 spiro atoms. The first-order valence-corrected chi connectivity index (χ1v) is 9.71. The van der Waals surface area contributed by atoms with Gasteiger partial charge in [-0.1, -0.05) is 19.1 Å². The van der Waals surface area contributed by atoms with Gasteiger partial charge in [-0.3, -0.25) is 9.59 Å². The van der Waals surface area contributed by atoms with Crippen molar-refractivity contribution in [2.45, 2.75) is 32.6 Å². The molecule has 0 fully saturated rings. The van der Waals surface area contributed by atoms with E-state index in [1.54, 1.807) is 20.3 Å². The van der Waals surface area contributed by atoms with Crippen LogP contribution in [0.4, 0.5) is 0 Å². The van der Waals surface area contributed by atoms with Gasteiger partial charge in [-0.25, -0.2) is 0 Å². The van der Waals surface area contributed by atoms with Gasteiger partial charge in [-0.05, 0) is 54.2 Å². The van der Waals surface area contributed by atoms with Gasteiger partial charge in [0, 0.05) is 13.0 Å². The van der Waals surface area contributed by atoms with E-state index in [4.69, 9.17) is 14.2 Å². The van der Waals surface area contributed by atoms with Crippen molar-refractivity contribution >= 4 is 11.7 Å². The summed E-state index contributed by atoms with van der Waals surface area (Å²) in [6.07, 6.45) is 1.15. The molecule has 1 unspecified atom stereocenters. The minimum Gasteiger partial charge on any atom is -0.493 e. The maximum atomic E-state index is 12.3. The molecular formula is C23H27NO5. The van der Waals surface area contributed by atoms with Crippen LogP contribution in [0, 0.1) is 6.92 Å². The Hall–Kier alpha value is -3.02. The second-order valence-corrected chi connectivity index (χ2v) is 7.28. The molecule has 0 bridgehead atoms. The molecule has 1 amide bonds. The third-order valence-electron chi connectivity index (χ3n) is 5.23. The molecule has 0 saturated heterocycles. The Labute approximate surface area is 171 Å². The largest absolute Gasteiger partial charge is 0.493 e. The average molecular weight is 397 g/mol. The minimum absolute atomic E-state index is 0.0834. The van der Waals surface area contributed by atoms with Crippen LogP contribution in [-0.4, -0.2) is 39.1 Å². The molecule has 29 heavy (non-hydrogen) atoms. The summed E-state index contributed by atoms with van der Waals surface area (Å²) in [5.74, 6) is 1.87. The van der Waals surface area contributed by atoms with Crippen molar-refractivity contribution in [3.05, 3.63) is 52.6 Å². The smallest absolute Gasteiger partial charge is 0.257 e. The van der Waals surface area contributed by atoms with Crippen LogP contribution in [0.15, 0.2) is 30.3 Å². The number of rotatable bonds is 8. The van der Waals surface area contributed by atoms with Gasteiger partial charge in [0.15, 0.2) is 23.9 Å². The van der Waals surface area contributed by atoms with E-state index in [9.17, 15) is 9.59 Å². The number of carbonyl (C=O) groups is 2. The van der Waals surface area contributed by atoms with Crippen molar-refractivity contribution in [3.63, 3.8) is 0 Å². The highest BCUT2D eigenvalue weighted by molar-refractivity contribution is 6.04. The number of hydrogen-bond donors (Lipinski definition) is 1. The van der Waals surface area contributed by atoms with Gasteiger partial charge >= 0.3 is 0 Å². The summed E-state index contributed by atoms with van der Waals surface area (Å²) in [5.41, 5.74) is 3.79. The lowest BCUT2D eigenvalue weighted by molar-refractivity contribution is -0.123. The van der Waals surface area contributed by atoms with Crippen molar-refractivity contribution in [1.29, 1.82) is 0 Å². The Bertz CT molecular complexity index is 922. The summed E-state index contributed by atoms with van der Waals surface area (Å²) in [7, 11) is 3.18. The van der Waals surface area contributed by atoms with Gasteiger partial charge in [0.25, 0.3) is 5.91 Å². The third-order valence-corrected chi connectivity index (χ3v) is 5.23. The summed E-state index contributed by atoms with van der Waals surface area (Å²) >= 11 is 0. The highest BCUT2D eigenvalue weighted by Crippen LogP contribution is 2.40. The van der Waals surface area contributed by atoms with Crippen LogP contribution in [0.3, 0.4) is 0 Å². The highest BCUT2D eigenvalue weighted by atomic mass is 16.5. The molecule has 2 aromatic carbocycles. The number of methoxy groups -OCH3 is 2. The zero-order valence-electron chi connectivity index (χ0n) is 17.3. The topological polar surface area (TPSA) is 73.9 Å². The summed E-state index contributed by atoms with van der Waals surface area (Å²) in [6.45, 7) is 4.39. The molecule has 6 nitrogen and oxygen atoms in total. The summed E-state index contributed by atoms with van der Waals surface area (Å²) in [5, 5.41) is 2.85. The number of ether oxygens (including phenoxy) is 3. The molecule has 1 aliphatic rings. The quantitative estimate of drug-likeness (QED) is 0.739. The number of fused-ring (bicyclic) bond motifs is 1. The van der Waals surface area contributed by atoms with Crippen LogP contribution in [-0.2, 0) is 11.2 Å². The predicted molar refractivity (Wildman–Crippen MR) is 110 cm³/mol. The molecule has 0 saturated carbocycles. The number of amides is 1.